The number of cyclic esters (lactones) is 1. The van der Waals surface area contributed by atoms with E-state index in [0.717, 1.165) is 23.5 Å². The minimum Gasteiger partial charge on any atom is -0.456 e. The van der Waals surface area contributed by atoms with Crippen molar-refractivity contribution in [3.05, 3.63) is 28.2 Å². The van der Waals surface area contributed by atoms with Crippen molar-refractivity contribution in [1.82, 2.24) is 10.3 Å². The van der Waals surface area contributed by atoms with Crippen molar-refractivity contribution in [3.63, 3.8) is 0 Å². The van der Waals surface area contributed by atoms with E-state index in [1.54, 1.807) is 13.0 Å². The highest BCUT2D eigenvalue weighted by Crippen LogP contribution is 2.32. The molecule has 0 fully saturated rings. The number of carbonyl (C=O) groups excluding carboxylic acids is 4. The fraction of sp³-hybridized carbons (Fsp3) is 0.667. The Bertz CT molecular complexity index is 1130. The van der Waals surface area contributed by atoms with Crippen molar-refractivity contribution in [2.45, 2.75) is 110 Å². The highest BCUT2D eigenvalue weighted by Gasteiger charge is 2.41. The Hall–Kier alpha value is -1.98. The van der Waals surface area contributed by atoms with E-state index in [1.807, 2.05) is 25.3 Å². The number of carbonyl (C=O) groups is 4. The molecule has 3 rings (SSSR count). The fourth-order valence-corrected chi connectivity index (χ4v) is 7.20. The van der Waals surface area contributed by atoms with Gasteiger partial charge in [-0.15, -0.1) is 23.1 Å². The first-order valence-corrected chi connectivity index (χ1v) is 17.5. The van der Waals surface area contributed by atoms with Gasteiger partial charge in [0, 0.05) is 42.6 Å². The van der Waals surface area contributed by atoms with E-state index < -0.39 is 23.7 Å². The number of hydrogen-bond donors (Lipinski definition) is 1. The first kappa shape index (κ1) is 33.5. The maximum atomic E-state index is 13.3. The first-order valence-electron chi connectivity index (χ1n) is 14.6. The zero-order chi connectivity index (χ0) is 29.8. The summed E-state index contributed by atoms with van der Waals surface area (Å²) in [5, 5.41) is 6.51. The smallest absolute Gasteiger partial charge is 0.329 e. The van der Waals surface area contributed by atoms with Crippen LogP contribution in [-0.4, -0.2) is 62.0 Å². The van der Waals surface area contributed by atoms with Crippen molar-refractivity contribution in [2.75, 3.05) is 11.5 Å². The Morgan fingerprint density at radius 3 is 2.76 bits per heavy atom. The Morgan fingerprint density at radius 1 is 1.22 bits per heavy atom. The van der Waals surface area contributed by atoms with Gasteiger partial charge in [0.15, 0.2) is 5.12 Å². The predicted molar refractivity (Wildman–Crippen MR) is 169 cm³/mol. The molecule has 0 spiro atoms. The number of aromatic nitrogens is 1. The molecule has 1 amide bonds. The number of esters is 1. The summed E-state index contributed by atoms with van der Waals surface area (Å²) in [5.74, 6) is -0.0873. The van der Waals surface area contributed by atoms with Gasteiger partial charge in [-0.2, -0.15) is 0 Å². The molecule has 11 heteroatoms. The Morgan fingerprint density at radius 2 is 2.00 bits per heavy atom. The molecular formula is C30H43N3O5S3. The topological polar surface area (TPSA) is 115 Å². The number of unbranched alkanes of at least 4 members (excludes halogenated alkanes) is 4. The number of ketones is 1. The highest BCUT2D eigenvalue weighted by molar-refractivity contribution is 8.14. The number of fused-ring (bicyclic) bond motifs is 4. The quantitative estimate of drug-likeness (QED) is 0.184. The lowest BCUT2D eigenvalue weighted by atomic mass is 10.00. The molecule has 0 saturated heterocycles. The van der Waals surface area contributed by atoms with Crippen LogP contribution in [0.15, 0.2) is 22.5 Å². The molecule has 0 saturated carbocycles. The molecule has 4 bridgehead atoms. The van der Waals surface area contributed by atoms with Gasteiger partial charge in [-0.25, -0.2) is 9.78 Å². The number of aryl methyl sites for hydroxylation is 1. The third-order valence-corrected chi connectivity index (χ3v) is 10.2. The van der Waals surface area contributed by atoms with E-state index in [2.05, 4.69) is 22.2 Å². The largest absolute Gasteiger partial charge is 0.456 e. The number of amides is 1. The molecule has 2 aliphatic rings. The van der Waals surface area contributed by atoms with Crippen LogP contribution in [0.3, 0.4) is 0 Å². The van der Waals surface area contributed by atoms with Crippen molar-refractivity contribution in [1.29, 1.82) is 0 Å². The zero-order valence-electron chi connectivity index (χ0n) is 24.6. The van der Waals surface area contributed by atoms with Crippen molar-refractivity contribution >= 4 is 62.7 Å². The third-order valence-electron chi connectivity index (χ3n) is 7.00. The average Bonchev–Trinajstić information content (AvgIpc) is 3.56. The second-order valence-electron chi connectivity index (χ2n) is 11.1. The number of nitrogens with one attached hydrogen (secondary N) is 1. The summed E-state index contributed by atoms with van der Waals surface area (Å²) in [7, 11) is 0. The monoisotopic (exact) mass is 621 g/mol. The molecule has 2 aliphatic heterocycles. The van der Waals surface area contributed by atoms with Crippen LogP contribution in [0.1, 0.15) is 96.2 Å². The lowest BCUT2D eigenvalue weighted by molar-refractivity contribution is -0.153. The summed E-state index contributed by atoms with van der Waals surface area (Å²) in [6.45, 7) is 7.62. The first-order chi connectivity index (χ1) is 19.6. The van der Waals surface area contributed by atoms with Crippen LogP contribution >= 0.6 is 34.9 Å². The summed E-state index contributed by atoms with van der Waals surface area (Å²) in [6.07, 6.45) is 10.5. The molecule has 3 atom stereocenters. The second-order valence-corrected chi connectivity index (χ2v) is 14.2. The van der Waals surface area contributed by atoms with Crippen LogP contribution in [0.5, 0.6) is 0 Å². The van der Waals surface area contributed by atoms with Crippen molar-refractivity contribution in [2.24, 2.45) is 10.9 Å². The second kappa shape index (κ2) is 16.6. The van der Waals surface area contributed by atoms with E-state index in [-0.39, 0.29) is 29.1 Å². The Labute approximate surface area is 256 Å². The summed E-state index contributed by atoms with van der Waals surface area (Å²) in [6, 6.07) is -0.876. The van der Waals surface area contributed by atoms with Gasteiger partial charge in [0.25, 0.3) is 0 Å². The molecule has 1 aromatic rings. The van der Waals surface area contributed by atoms with Gasteiger partial charge in [0.1, 0.15) is 34.2 Å². The van der Waals surface area contributed by atoms with E-state index >= 15 is 0 Å². The van der Waals surface area contributed by atoms with Crippen LogP contribution in [0.4, 0.5) is 0 Å². The van der Waals surface area contributed by atoms with Crippen molar-refractivity contribution < 1.29 is 23.9 Å². The fourth-order valence-electron chi connectivity index (χ4n) is 4.44. The van der Waals surface area contributed by atoms with Crippen LogP contribution in [0, 0.1) is 5.92 Å². The number of hydrogen-bond acceptors (Lipinski definition) is 10. The highest BCUT2D eigenvalue weighted by atomic mass is 32.2. The average molecular weight is 622 g/mol. The van der Waals surface area contributed by atoms with E-state index in [4.69, 9.17) is 4.74 Å². The minimum absolute atomic E-state index is 0.0331. The summed E-state index contributed by atoms with van der Waals surface area (Å²) in [4.78, 5) is 61.0. The van der Waals surface area contributed by atoms with Gasteiger partial charge in [-0.1, -0.05) is 64.3 Å². The number of thiazole rings is 1. The molecule has 0 aliphatic carbocycles. The SMILES string of the molecule is CCCCCCCC(=O)SCC/C=C/[C@H]1CC(=O)CCc2nc(cs2)C2=N[C@](C)(CS2)C(=O)N[C@H](C(C)C)C(=O)O1. The van der Waals surface area contributed by atoms with Gasteiger partial charge < -0.3 is 10.1 Å². The molecule has 3 heterocycles. The normalized spacial score (nSPS) is 24.0. The number of rotatable bonds is 11. The van der Waals surface area contributed by atoms with Crippen molar-refractivity contribution in [3.8, 4) is 0 Å². The number of nitrogens with zero attached hydrogens (tertiary/aromatic N) is 2. The number of ether oxygens (including phenoxy) is 1. The Kier molecular flexibility index (Phi) is 13.6. The van der Waals surface area contributed by atoms with E-state index in [0.29, 0.717) is 42.2 Å². The molecule has 41 heavy (non-hydrogen) atoms. The molecule has 0 radical (unpaired) electrons. The van der Waals surface area contributed by atoms with Gasteiger partial charge in [0.05, 0.1) is 5.01 Å². The van der Waals surface area contributed by atoms with Crippen LogP contribution in [0.2, 0.25) is 0 Å². The Balaban J connectivity index is 1.66. The van der Waals surface area contributed by atoms with Crippen LogP contribution in [0.25, 0.3) is 0 Å². The molecule has 0 aromatic carbocycles. The predicted octanol–water partition coefficient (Wildman–Crippen LogP) is 5.92. The molecule has 226 valence electrons. The number of Topliss-reactive ketones (excluding diaryl/α,β-unsaturated/α-hetero) is 1. The molecule has 1 aromatic heterocycles. The standard InChI is InChI=1S/C30H43N3O5S3/c1-5-6-7-8-9-13-25(35)39-16-11-10-12-22-17-21(34)14-15-24-31-23(18-40-24)27-33-30(4,19-41-27)29(37)32-26(20(2)3)28(36)38-22/h10,12,18,20,22,26H,5-9,11,13-17,19H2,1-4H3,(H,32,37)/b12-10+/t22-,26+,30+/m0/s1. The zero-order valence-corrected chi connectivity index (χ0v) is 27.1. The summed E-state index contributed by atoms with van der Waals surface area (Å²) in [5.41, 5.74) is -0.298. The third kappa shape index (κ3) is 10.7. The number of thioether (sulfide) groups is 2. The van der Waals surface area contributed by atoms with Gasteiger partial charge in [-0.3, -0.25) is 19.4 Å². The van der Waals surface area contributed by atoms with Crippen LogP contribution < -0.4 is 5.32 Å². The number of allylic oxidation sites excluding steroid dienone is 1. The lowest BCUT2D eigenvalue weighted by Gasteiger charge is -2.27. The minimum atomic E-state index is -1.02. The maximum Gasteiger partial charge on any atom is 0.329 e. The lowest BCUT2D eigenvalue weighted by Crippen LogP contribution is -2.53. The molecular weight excluding hydrogens is 579 g/mol. The molecule has 8 nitrogen and oxygen atoms in total. The van der Waals surface area contributed by atoms with Gasteiger partial charge in [0.2, 0.25) is 5.91 Å². The van der Waals surface area contributed by atoms with E-state index in [9.17, 15) is 19.2 Å². The van der Waals surface area contributed by atoms with Gasteiger partial charge in [-0.05, 0) is 31.8 Å². The van der Waals surface area contributed by atoms with Crippen LogP contribution in [-0.2, 0) is 30.3 Å². The summed E-state index contributed by atoms with van der Waals surface area (Å²) >= 11 is 4.27. The summed E-state index contributed by atoms with van der Waals surface area (Å²) < 4.78 is 5.81. The molecule has 0 unspecified atom stereocenters. The molecule has 1 N–H and O–H groups in total. The maximum absolute atomic E-state index is 13.3. The number of aliphatic imine (C=N–C) groups is 1. The van der Waals surface area contributed by atoms with Gasteiger partial charge >= 0.3 is 5.97 Å². The van der Waals surface area contributed by atoms with E-state index in [1.165, 1.54) is 54.1 Å².